The smallest absolute Gasteiger partial charge is 0.407 e. The number of alkyl carbamates (subject to hydrolysis) is 2. The number of anilines is 2. The molecule has 4 aromatic carbocycles. The lowest BCUT2D eigenvalue weighted by atomic mass is 9.86. The van der Waals surface area contributed by atoms with Crippen LogP contribution in [0.3, 0.4) is 0 Å². The van der Waals surface area contributed by atoms with E-state index in [4.69, 9.17) is 30.4 Å². The fourth-order valence-electron chi connectivity index (χ4n) is 8.93. The highest BCUT2D eigenvalue weighted by Crippen LogP contribution is 2.34. The topological polar surface area (TPSA) is 279 Å². The molecule has 21 heteroatoms. The molecule has 2 unspecified atom stereocenters. The molecule has 4 atom stereocenters. The number of ether oxygens (including phenoxy) is 4. The van der Waals surface area contributed by atoms with E-state index < -0.39 is 84.3 Å². The zero-order valence-corrected chi connectivity index (χ0v) is 51.1. The fourth-order valence-corrected chi connectivity index (χ4v) is 12.3. The number of aliphatic hydroxyl groups is 2. The maximum atomic E-state index is 14.0. The Hall–Kier alpha value is -5.65. The van der Waals surface area contributed by atoms with E-state index >= 15 is 0 Å². The van der Waals surface area contributed by atoms with E-state index in [0.717, 1.165) is 11.1 Å². The summed E-state index contributed by atoms with van der Waals surface area (Å²) in [6.07, 6.45) is -1.49. The van der Waals surface area contributed by atoms with Crippen molar-refractivity contribution in [1.29, 1.82) is 0 Å². The predicted octanol–water partition coefficient (Wildman–Crippen LogP) is 8.48. The number of hydrogen-bond donors (Lipinski definition) is 6. The summed E-state index contributed by atoms with van der Waals surface area (Å²) in [6.45, 7) is 22.2. The summed E-state index contributed by atoms with van der Waals surface area (Å²) in [7, 11) is -8.17. The van der Waals surface area contributed by atoms with E-state index in [9.17, 15) is 41.4 Å². The van der Waals surface area contributed by atoms with Gasteiger partial charge in [0.25, 0.3) is 0 Å². The number of sulfonamides is 2. The number of nitrogens with one attached hydrogen (secondary N) is 2. The molecule has 1 aliphatic heterocycles. The average Bonchev–Trinajstić information content (AvgIpc) is 3.91. The number of rotatable bonds is 26. The number of aliphatic hydroxyl groups excluding tert-OH is 2. The van der Waals surface area contributed by atoms with Crippen LogP contribution >= 0.6 is 0 Å². The Bertz CT molecular complexity index is 2870. The molecule has 1 saturated heterocycles. The lowest BCUT2D eigenvalue weighted by Crippen LogP contribution is -2.52. The van der Waals surface area contributed by atoms with Gasteiger partial charge in [-0.2, -0.15) is 8.61 Å². The Morgan fingerprint density at radius 2 is 0.975 bits per heavy atom. The lowest BCUT2D eigenvalue weighted by molar-refractivity contribution is -0.151. The highest BCUT2D eigenvalue weighted by Gasteiger charge is 2.39. The van der Waals surface area contributed by atoms with Gasteiger partial charge in [-0.25, -0.2) is 26.4 Å². The third-order valence-electron chi connectivity index (χ3n) is 13.2. The predicted molar refractivity (Wildman–Crippen MR) is 315 cm³/mol. The van der Waals surface area contributed by atoms with Crippen molar-refractivity contribution in [3.05, 3.63) is 120 Å². The molecule has 0 radical (unpaired) electrons. The first kappa shape index (κ1) is 67.9. The summed E-state index contributed by atoms with van der Waals surface area (Å²) in [4.78, 5) is 37.1. The third-order valence-corrected chi connectivity index (χ3v) is 16.8. The maximum Gasteiger partial charge on any atom is 0.407 e. The van der Waals surface area contributed by atoms with Gasteiger partial charge in [-0.15, -0.1) is 0 Å². The second-order valence-electron chi connectivity index (χ2n) is 24.6. The minimum Gasteiger partial charge on any atom is -0.444 e. The molecule has 1 heterocycles. The Morgan fingerprint density at radius 3 is 1.32 bits per heavy atom. The van der Waals surface area contributed by atoms with E-state index in [1.807, 2.05) is 95.3 Å². The molecule has 4 aromatic rings. The Morgan fingerprint density at radius 1 is 0.605 bits per heavy atom. The molecule has 19 nitrogen and oxygen atoms in total. The highest BCUT2D eigenvalue weighted by molar-refractivity contribution is 7.89. The molecule has 0 spiro atoms. The summed E-state index contributed by atoms with van der Waals surface area (Å²) in [5, 5.41) is 28.5. The molecular weight excluding hydrogens is 1080 g/mol. The van der Waals surface area contributed by atoms with Crippen LogP contribution in [0.15, 0.2) is 119 Å². The Labute approximate surface area is 481 Å². The largest absolute Gasteiger partial charge is 0.444 e. The average molecular weight is 1170 g/mol. The van der Waals surface area contributed by atoms with Gasteiger partial charge >= 0.3 is 12.2 Å². The molecule has 2 amide bonds. The monoisotopic (exact) mass is 1170 g/mol. The number of nitrogens with zero attached hydrogens (tertiary/aromatic N) is 2. The second-order valence-corrected chi connectivity index (χ2v) is 28.5. The lowest BCUT2D eigenvalue weighted by Gasteiger charge is -2.36. The van der Waals surface area contributed by atoms with Gasteiger partial charge in [0.1, 0.15) is 17.0 Å². The molecule has 450 valence electrons. The zero-order chi connectivity index (χ0) is 60.6. The van der Waals surface area contributed by atoms with Crippen LogP contribution in [0.5, 0.6) is 0 Å². The molecular formula is C60H90N6O13S2. The molecule has 0 aliphatic carbocycles. The first-order valence-electron chi connectivity index (χ1n) is 27.4. The molecule has 8 N–H and O–H groups in total. The first-order chi connectivity index (χ1) is 37.5. The molecule has 0 aromatic heterocycles. The molecule has 1 aliphatic rings. The Balaban J connectivity index is 0.000000350. The molecule has 0 saturated carbocycles. The van der Waals surface area contributed by atoms with Crippen molar-refractivity contribution in [2.75, 3.05) is 50.9 Å². The van der Waals surface area contributed by atoms with Crippen molar-refractivity contribution >= 4 is 49.4 Å². The van der Waals surface area contributed by atoms with Gasteiger partial charge in [-0.3, -0.25) is 0 Å². The standard InChI is InChI=1S/C31H47N3O7S.C29H43N3O6S/c1-29(2,3)41-28(36)33-26(19-23-11-8-7-9-12-23)27(35)21-34(42(37,38)25-14-10-13-24(32)20-25)22-30(4,5)15-16-31(6)39-17-18-40-31;1-21(33)15-16-29(5,6)20-32(39(36,37)24-14-10-13-23(30)18-24)19-26(34)25(17-22-11-8-7-9-12-22)31-27(35)38-28(2,3)4/h7-14,20,26-27,35H,15-19,21-22,32H2,1-6H3,(H,33,36);7-14,18,25-26,34H,15-17,19-20,30H2,1-6H3,(H,31,35)/t26-,27?;25-,26?/m00/s1. The van der Waals surface area contributed by atoms with Crippen molar-refractivity contribution in [3.8, 4) is 0 Å². The minimum absolute atomic E-state index is 0.00298. The van der Waals surface area contributed by atoms with Crippen molar-refractivity contribution in [2.45, 2.75) is 173 Å². The molecule has 5 rings (SSSR count). The van der Waals surface area contributed by atoms with Gasteiger partial charge < -0.3 is 56.1 Å². The number of carbonyl (C=O) groups excluding carboxylic acids is 3. The van der Waals surface area contributed by atoms with Crippen LogP contribution in [0.2, 0.25) is 0 Å². The fraction of sp³-hybridized carbons (Fsp3) is 0.550. The molecule has 0 bridgehead atoms. The summed E-state index contributed by atoms with van der Waals surface area (Å²) >= 11 is 0. The number of benzene rings is 4. The SMILES string of the molecule is CC(=O)CCC(C)(C)CN(CC(O)[C@H](Cc1ccccc1)NC(=O)OC(C)(C)C)S(=O)(=O)c1cccc(N)c1.CC(C)(CCC1(C)OCCO1)CN(CC(O)[C@H](Cc1ccccc1)NC(=O)OC(C)(C)C)S(=O)(=O)c1cccc(N)c1. The summed E-state index contributed by atoms with van der Waals surface area (Å²) in [6, 6.07) is 29.0. The van der Waals surface area contributed by atoms with E-state index in [1.165, 1.54) is 39.8 Å². The van der Waals surface area contributed by atoms with Gasteiger partial charge in [-0.05, 0) is 139 Å². The van der Waals surface area contributed by atoms with Crippen LogP contribution in [0.1, 0.15) is 120 Å². The van der Waals surface area contributed by atoms with Crippen LogP contribution in [0.25, 0.3) is 0 Å². The van der Waals surface area contributed by atoms with Crippen LogP contribution in [0.4, 0.5) is 21.0 Å². The number of carbonyl (C=O) groups is 3. The van der Waals surface area contributed by atoms with Crippen LogP contribution in [0, 0.1) is 10.8 Å². The molecule has 1 fully saturated rings. The van der Waals surface area contributed by atoms with Gasteiger partial charge in [-0.1, -0.05) is 100 Å². The number of nitrogens with two attached hydrogens (primary N) is 2. The van der Waals surface area contributed by atoms with Crippen molar-refractivity contribution < 1.29 is 60.4 Å². The quantitative estimate of drug-likeness (QED) is 0.0322. The summed E-state index contributed by atoms with van der Waals surface area (Å²) in [5.41, 5.74) is 11.5. The number of nitrogen functional groups attached to an aromatic ring is 2. The molecule has 81 heavy (non-hydrogen) atoms. The second kappa shape index (κ2) is 29.0. The van der Waals surface area contributed by atoms with E-state index in [-0.39, 0.29) is 54.6 Å². The Kier molecular flexibility index (Phi) is 24.3. The third kappa shape index (κ3) is 23.6. The van der Waals surface area contributed by atoms with Gasteiger partial charge in [0.05, 0.1) is 47.3 Å². The van der Waals surface area contributed by atoms with Gasteiger partial charge in [0, 0.05) is 50.4 Å². The minimum atomic E-state index is -4.09. The maximum absolute atomic E-state index is 14.0. The van der Waals surface area contributed by atoms with Gasteiger partial charge in [0.2, 0.25) is 20.0 Å². The first-order valence-corrected chi connectivity index (χ1v) is 30.3. The number of hydrogen-bond acceptors (Lipinski definition) is 15. The summed E-state index contributed by atoms with van der Waals surface area (Å²) in [5.74, 6) is -0.704. The van der Waals surface area contributed by atoms with Crippen molar-refractivity contribution in [2.24, 2.45) is 10.8 Å². The van der Waals surface area contributed by atoms with Crippen LogP contribution in [-0.2, 0) is 56.6 Å². The highest BCUT2D eigenvalue weighted by atomic mass is 32.2. The van der Waals surface area contributed by atoms with E-state index in [0.29, 0.717) is 50.3 Å². The van der Waals surface area contributed by atoms with Gasteiger partial charge in [0.15, 0.2) is 5.79 Å². The number of amides is 2. The van der Waals surface area contributed by atoms with Crippen LogP contribution in [-0.4, -0.2) is 134 Å². The normalized spacial score (nSPS) is 15.7. The zero-order valence-electron chi connectivity index (χ0n) is 49.4. The summed E-state index contributed by atoms with van der Waals surface area (Å²) < 4.78 is 80.5. The number of ketones is 1. The van der Waals surface area contributed by atoms with E-state index in [2.05, 4.69) is 10.6 Å². The van der Waals surface area contributed by atoms with Crippen molar-refractivity contribution in [3.63, 3.8) is 0 Å². The van der Waals surface area contributed by atoms with Crippen molar-refractivity contribution in [1.82, 2.24) is 19.2 Å². The van der Waals surface area contributed by atoms with E-state index in [1.54, 1.807) is 65.8 Å². The van der Waals surface area contributed by atoms with Crippen LogP contribution < -0.4 is 22.1 Å². The number of Topliss-reactive ketones (excluding diaryl/α,β-unsaturated/α-hetero) is 1.